The molecule has 3 heterocycles. The molecule has 9 N–H and O–H groups in total. The minimum absolute atomic E-state index is 0.0628. The van der Waals surface area contributed by atoms with Crippen molar-refractivity contribution in [3.05, 3.63) is 97.7 Å². The number of fused-ring (bicyclic) bond motifs is 2. The lowest BCUT2D eigenvalue weighted by Gasteiger charge is -2.45. The second-order valence-electron chi connectivity index (χ2n) is 18.2. The van der Waals surface area contributed by atoms with Crippen molar-refractivity contribution in [2.45, 2.75) is 183 Å². The summed E-state index contributed by atoms with van der Waals surface area (Å²) in [6, 6.07) is -1.33. The number of aliphatic hydroxyl groups excluding tert-OH is 8. The van der Waals surface area contributed by atoms with E-state index >= 15 is 0 Å². The topological polar surface area (TPSA) is 301 Å². The van der Waals surface area contributed by atoms with Crippen LogP contribution in [0.4, 0.5) is 4.79 Å². The van der Waals surface area contributed by atoms with Gasteiger partial charge in [0.05, 0.1) is 67.5 Å². The number of allylic oxidation sites excluding steroid dienone is 12. The van der Waals surface area contributed by atoms with Gasteiger partial charge >= 0.3 is 12.1 Å². The minimum atomic E-state index is -2.33. The number of carbonyl (C=O) groups excluding carboxylic acids is 3. The number of esters is 1. The van der Waals surface area contributed by atoms with Gasteiger partial charge in [-0.15, -0.1) is 0 Å². The van der Waals surface area contributed by atoms with E-state index in [0.29, 0.717) is 0 Å². The number of nitrogens with zero attached hydrogens (tertiary/aromatic N) is 1. The lowest BCUT2D eigenvalue weighted by atomic mass is 9.87. The summed E-state index contributed by atoms with van der Waals surface area (Å²) in [5.74, 6) is -3.81. The van der Waals surface area contributed by atoms with Crippen LogP contribution < -0.4 is 0 Å². The first-order valence-corrected chi connectivity index (χ1v) is 23.8. The van der Waals surface area contributed by atoms with Crippen LogP contribution in [0, 0.1) is 11.8 Å². The van der Waals surface area contributed by atoms with E-state index in [4.69, 9.17) is 28.4 Å². The number of hydrogen-bond donors (Lipinski definition) is 9. The fourth-order valence-corrected chi connectivity index (χ4v) is 8.12. The molecule has 2 bridgehead atoms. The Balaban J connectivity index is 1.95. The lowest BCUT2D eigenvalue weighted by molar-refractivity contribution is -0.300. The van der Waals surface area contributed by atoms with Gasteiger partial charge in [-0.25, -0.2) is 9.59 Å². The standard InChI is InChI=1S/C51H75NO18/c1-6-23-65-50(63)69-45-30-51(64)29-38(56)25-42(59)40(57)22-21-36(54)24-37(55)26-46(61)66-34(4)33(3)48(62)32(2)19-17-15-13-11-9-7-8-10-12-14-16-18-20-39(27-44(70-51)47(45)52-31-53)68-49-43(60)28-41(58)35(5)67-49/h6-20,32-45,47-49,54-60,62,64H,1,21-30H2,2-5H3/b8-7+,11-9+,12-10+,15-13+,16-14+,19-17+,20-18+/t32-,33-,34-,35+,36+,37+,38-,39-,40+,41-,42+,43-,44-,45-,47-,48+,49-,51+/m0/s1. The molecule has 392 valence electrons. The Hall–Kier alpha value is -4.44. The summed E-state index contributed by atoms with van der Waals surface area (Å²) >= 11 is 0. The number of ether oxygens (including phenoxy) is 6. The molecular weight excluding hydrogens is 915 g/mol. The molecule has 0 saturated carbocycles. The number of isocyanates is 1. The lowest BCUT2D eigenvalue weighted by Crippen LogP contribution is -2.57. The molecule has 0 aliphatic carbocycles. The molecule has 3 aliphatic rings. The van der Waals surface area contributed by atoms with Gasteiger partial charge in [-0.1, -0.05) is 112 Å². The van der Waals surface area contributed by atoms with Crippen molar-refractivity contribution in [3.8, 4) is 0 Å². The van der Waals surface area contributed by atoms with Crippen molar-refractivity contribution in [1.29, 1.82) is 0 Å². The number of carbonyl (C=O) groups is 2. The highest BCUT2D eigenvalue weighted by Crippen LogP contribution is 2.38. The van der Waals surface area contributed by atoms with Gasteiger partial charge in [0.1, 0.15) is 31.0 Å². The maximum atomic E-state index is 12.8. The van der Waals surface area contributed by atoms with Crippen molar-refractivity contribution in [3.63, 3.8) is 0 Å². The SMILES string of the molecule is C=CCOC(=O)O[C@H]1C[C@@]2(O)C[C@@H](O)C[C@@H](O)[C@H](O)CC[C@@H](O)C[C@@H](O)CC(=O)O[C@@H](C)[C@H](C)[C@H](O)[C@@H](C)/C=C/C=C/C=C/C=C/C=C/C=C/C=C/[C@H](O[C@@H]3O[C@H](C)[C@@H](O)C[C@@H]3O)C[C@H](O2)[C@@H]1N=C=O. The van der Waals surface area contributed by atoms with Gasteiger partial charge in [0.2, 0.25) is 6.08 Å². The van der Waals surface area contributed by atoms with Crippen LogP contribution in [0.5, 0.6) is 0 Å². The highest BCUT2D eigenvalue weighted by atomic mass is 16.7. The first-order chi connectivity index (χ1) is 33.2. The molecule has 3 rings (SSSR count). The molecule has 3 aliphatic heterocycles. The monoisotopic (exact) mass is 989 g/mol. The molecular formula is C51H75NO18. The predicted molar refractivity (Wildman–Crippen MR) is 255 cm³/mol. The molecule has 70 heavy (non-hydrogen) atoms. The Morgan fingerprint density at radius 1 is 0.757 bits per heavy atom. The second kappa shape index (κ2) is 31.1. The molecule has 19 nitrogen and oxygen atoms in total. The van der Waals surface area contributed by atoms with Crippen LogP contribution >= 0.6 is 0 Å². The van der Waals surface area contributed by atoms with Crippen LogP contribution in [0.15, 0.2) is 103 Å². The van der Waals surface area contributed by atoms with E-state index in [1.807, 2.05) is 37.3 Å². The molecule has 0 spiro atoms. The van der Waals surface area contributed by atoms with Crippen LogP contribution in [-0.4, -0.2) is 168 Å². The molecule has 0 radical (unpaired) electrons. The highest BCUT2D eigenvalue weighted by Gasteiger charge is 2.50. The van der Waals surface area contributed by atoms with Crippen LogP contribution in [0.2, 0.25) is 0 Å². The zero-order valence-corrected chi connectivity index (χ0v) is 40.4. The zero-order valence-electron chi connectivity index (χ0n) is 40.4. The smallest absolute Gasteiger partial charge is 0.462 e. The molecule has 0 aromatic rings. The molecule has 0 amide bonds. The fourth-order valence-electron chi connectivity index (χ4n) is 8.12. The van der Waals surface area contributed by atoms with Crippen molar-refractivity contribution >= 4 is 18.2 Å². The Kier molecular flexibility index (Phi) is 26.6. The van der Waals surface area contributed by atoms with E-state index in [1.165, 1.54) is 12.2 Å². The average Bonchev–Trinajstić information content (AvgIpc) is 3.29. The van der Waals surface area contributed by atoms with E-state index in [9.17, 15) is 60.3 Å². The normalized spacial score (nSPS) is 41.7. The van der Waals surface area contributed by atoms with Gasteiger partial charge in [-0.2, -0.15) is 4.99 Å². The molecule has 2 fully saturated rings. The summed E-state index contributed by atoms with van der Waals surface area (Å²) in [4.78, 5) is 41.1. The maximum absolute atomic E-state index is 12.8. The van der Waals surface area contributed by atoms with Crippen LogP contribution in [0.1, 0.15) is 85.5 Å². The number of cyclic esters (lactones) is 1. The fraction of sp³-hybridized carbons (Fsp3) is 0.627. The first kappa shape index (κ1) is 59.9. The molecule has 0 aromatic heterocycles. The molecule has 0 unspecified atom stereocenters. The third-order valence-electron chi connectivity index (χ3n) is 12.2. The Labute approximate surface area is 410 Å². The van der Waals surface area contributed by atoms with E-state index in [0.717, 1.165) is 0 Å². The Morgan fingerprint density at radius 2 is 1.37 bits per heavy atom. The van der Waals surface area contributed by atoms with E-state index in [-0.39, 0.29) is 44.6 Å². The summed E-state index contributed by atoms with van der Waals surface area (Å²) in [7, 11) is 0. The van der Waals surface area contributed by atoms with E-state index in [2.05, 4.69) is 11.6 Å². The van der Waals surface area contributed by atoms with E-state index in [1.54, 1.807) is 75.5 Å². The van der Waals surface area contributed by atoms with Crippen LogP contribution in [-0.2, 0) is 38.0 Å². The third kappa shape index (κ3) is 21.5. The van der Waals surface area contributed by atoms with Gasteiger partial charge in [-0.3, -0.25) is 4.79 Å². The summed E-state index contributed by atoms with van der Waals surface area (Å²) in [5, 5.41) is 98.1. The molecule has 18 atom stereocenters. The number of aliphatic imine (C=N–C) groups is 1. The summed E-state index contributed by atoms with van der Waals surface area (Å²) in [6.07, 6.45) is 6.45. The summed E-state index contributed by atoms with van der Waals surface area (Å²) < 4.78 is 34.1. The van der Waals surface area contributed by atoms with Gasteiger partial charge < -0.3 is 74.4 Å². The van der Waals surface area contributed by atoms with Crippen molar-refractivity contribution in [2.24, 2.45) is 16.8 Å². The summed E-state index contributed by atoms with van der Waals surface area (Å²) in [6.45, 7) is 10.1. The number of aliphatic hydroxyl groups is 9. The number of rotatable bonds is 6. The largest absolute Gasteiger partial charge is 0.508 e. The van der Waals surface area contributed by atoms with Crippen molar-refractivity contribution in [1.82, 2.24) is 0 Å². The average molecular weight is 990 g/mol. The van der Waals surface area contributed by atoms with Crippen molar-refractivity contribution < 1.29 is 88.8 Å². The van der Waals surface area contributed by atoms with Crippen molar-refractivity contribution in [2.75, 3.05) is 6.61 Å². The third-order valence-corrected chi connectivity index (χ3v) is 12.2. The molecule has 2 saturated heterocycles. The van der Waals surface area contributed by atoms with Gasteiger partial charge in [0, 0.05) is 43.9 Å². The maximum Gasteiger partial charge on any atom is 0.508 e. The molecule has 0 aromatic carbocycles. The number of hydrogen-bond acceptors (Lipinski definition) is 19. The quantitative estimate of drug-likeness (QED) is 0.0799. The Bertz CT molecular complexity index is 1860. The Morgan fingerprint density at radius 3 is 1.99 bits per heavy atom. The highest BCUT2D eigenvalue weighted by molar-refractivity contribution is 5.70. The summed E-state index contributed by atoms with van der Waals surface area (Å²) in [5.41, 5.74) is 0. The predicted octanol–water partition coefficient (Wildman–Crippen LogP) is 3.13. The van der Waals surface area contributed by atoms with Gasteiger partial charge in [0.25, 0.3) is 0 Å². The minimum Gasteiger partial charge on any atom is -0.462 e. The van der Waals surface area contributed by atoms with Crippen LogP contribution in [0.25, 0.3) is 0 Å². The van der Waals surface area contributed by atoms with Gasteiger partial charge in [-0.05, 0) is 33.1 Å². The van der Waals surface area contributed by atoms with E-state index < -0.39 is 141 Å². The van der Waals surface area contributed by atoms with Gasteiger partial charge in [0.15, 0.2) is 12.1 Å². The molecule has 19 heteroatoms. The zero-order chi connectivity index (χ0) is 51.8. The second-order valence-corrected chi connectivity index (χ2v) is 18.2. The van der Waals surface area contributed by atoms with Crippen LogP contribution in [0.3, 0.4) is 0 Å². The first-order valence-electron chi connectivity index (χ1n) is 23.8.